The van der Waals surface area contributed by atoms with Crippen LogP contribution in [-0.2, 0) is 11.3 Å². The number of fused-ring (bicyclic) bond motifs is 1. The van der Waals surface area contributed by atoms with Crippen molar-refractivity contribution in [1.29, 1.82) is 0 Å². The number of benzene rings is 1. The Morgan fingerprint density at radius 1 is 1.05 bits per heavy atom. The lowest BCUT2D eigenvalue weighted by atomic mass is 10.2. The van der Waals surface area contributed by atoms with E-state index in [0.29, 0.717) is 41.5 Å². The maximum Gasteiger partial charge on any atom is 0.404 e. The predicted octanol–water partition coefficient (Wildman–Crippen LogP) is 2.95. The number of hydrogen-bond donors (Lipinski definition) is 6. The third kappa shape index (κ3) is 9.83. The quantitative estimate of drug-likeness (QED) is 0.0979. The van der Waals surface area contributed by atoms with Gasteiger partial charge in [-0.2, -0.15) is 0 Å². The van der Waals surface area contributed by atoms with E-state index in [9.17, 15) is 19.8 Å². The molecular formula is C27H40N8O5S. The van der Waals surface area contributed by atoms with Crippen molar-refractivity contribution in [3.63, 3.8) is 0 Å². The largest absolute Gasteiger partial charge is 0.465 e. The van der Waals surface area contributed by atoms with Gasteiger partial charge in [0.1, 0.15) is 6.10 Å². The molecule has 1 aliphatic rings. The molecule has 0 radical (unpaired) electrons. The van der Waals surface area contributed by atoms with Crippen LogP contribution in [-0.4, -0.2) is 83.3 Å². The van der Waals surface area contributed by atoms with E-state index in [1.807, 2.05) is 30.3 Å². The van der Waals surface area contributed by atoms with Gasteiger partial charge in [0, 0.05) is 31.8 Å². The van der Waals surface area contributed by atoms with Crippen LogP contribution >= 0.6 is 11.8 Å². The number of anilines is 1. The number of rotatable bonds is 13. The molecule has 14 heteroatoms. The molecule has 3 aromatic rings. The summed E-state index contributed by atoms with van der Waals surface area (Å²) >= 11 is 1.60. The number of aliphatic hydroxyl groups is 2. The Labute approximate surface area is 243 Å². The summed E-state index contributed by atoms with van der Waals surface area (Å²) in [6.07, 6.45) is 1.86. The number of carbonyl (C=O) groups excluding carboxylic acids is 1. The minimum atomic E-state index is -1.11. The Hall–Kier alpha value is -3.49. The third-order valence-corrected chi connectivity index (χ3v) is 7.44. The predicted molar refractivity (Wildman–Crippen MR) is 157 cm³/mol. The fourth-order valence-electron chi connectivity index (χ4n) is 4.17. The molecule has 0 unspecified atom stereocenters. The monoisotopic (exact) mass is 588 g/mol. The molecule has 2 amide bonds. The van der Waals surface area contributed by atoms with Gasteiger partial charge in [-0.1, -0.05) is 67.6 Å². The molecule has 224 valence electrons. The number of carboxylic acid groups (broad SMARTS) is 1. The first-order valence-electron chi connectivity index (χ1n) is 14.0. The maximum atomic E-state index is 11.3. The summed E-state index contributed by atoms with van der Waals surface area (Å²) < 4.78 is 1.65. The number of carbonyl (C=O) groups is 2. The molecule has 3 atom stereocenters. The van der Waals surface area contributed by atoms with Crippen LogP contribution < -0.4 is 16.0 Å². The van der Waals surface area contributed by atoms with Crippen LogP contribution in [0.15, 0.2) is 35.5 Å². The molecule has 2 aromatic heterocycles. The van der Waals surface area contributed by atoms with Crippen molar-refractivity contribution in [2.24, 2.45) is 0 Å². The van der Waals surface area contributed by atoms with Crippen molar-refractivity contribution in [2.75, 3.05) is 24.2 Å². The van der Waals surface area contributed by atoms with Gasteiger partial charge >= 0.3 is 6.09 Å². The highest BCUT2D eigenvalue weighted by atomic mass is 32.2. The molecule has 41 heavy (non-hydrogen) atoms. The third-order valence-electron chi connectivity index (χ3n) is 6.38. The SMILES string of the molecule is CCCCNc1nc(SCCC)nc2c1nnn2[C@@H]1CC[C@@H](O)[C@H]1O.O=C(O)NCCC(=O)NCc1ccccc1. The Bertz CT molecular complexity index is 1250. The number of thioether (sulfide) groups is 1. The zero-order valence-corrected chi connectivity index (χ0v) is 24.3. The van der Waals surface area contributed by atoms with E-state index in [1.165, 1.54) is 0 Å². The smallest absolute Gasteiger partial charge is 0.404 e. The summed E-state index contributed by atoms with van der Waals surface area (Å²) in [6, 6.07) is 9.22. The summed E-state index contributed by atoms with van der Waals surface area (Å²) in [6.45, 7) is 5.68. The van der Waals surface area contributed by atoms with E-state index in [0.717, 1.165) is 37.1 Å². The zero-order chi connectivity index (χ0) is 29.6. The van der Waals surface area contributed by atoms with Crippen LogP contribution in [0, 0.1) is 0 Å². The molecule has 0 saturated heterocycles. The molecule has 0 spiro atoms. The molecule has 1 aromatic carbocycles. The summed E-state index contributed by atoms with van der Waals surface area (Å²) in [4.78, 5) is 30.6. The number of nitrogens with zero attached hydrogens (tertiary/aromatic N) is 5. The van der Waals surface area contributed by atoms with E-state index < -0.39 is 18.3 Å². The van der Waals surface area contributed by atoms with Crippen molar-refractivity contribution in [1.82, 2.24) is 35.6 Å². The van der Waals surface area contributed by atoms with E-state index in [1.54, 1.807) is 16.4 Å². The first-order chi connectivity index (χ1) is 19.8. The van der Waals surface area contributed by atoms with Gasteiger partial charge in [0.15, 0.2) is 22.1 Å². The highest BCUT2D eigenvalue weighted by Crippen LogP contribution is 2.33. The number of nitrogens with one attached hydrogen (secondary N) is 3. The molecule has 4 rings (SSSR count). The minimum absolute atomic E-state index is 0.135. The highest BCUT2D eigenvalue weighted by Gasteiger charge is 2.37. The van der Waals surface area contributed by atoms with Crippen LogP contribution in [0.1, 0.15) is 64.0 Å². The van der Waals surface area contributed by atoms with Crippen LogP contribution in [0.2, 0.25) is 0 Å². The lowest BCUT2D eigenvalue weighted by Crippen LogP contribution is -2.29. The second-order valence-corrected chi connectivity index (χ2v) is 10.7. The van der Waals surface area contributed by atoms with Crippen LogP contribution in [0.3, 0.4) is 0 Å². The van der Waals surface area contributed by atoms with Gasteiger partial charge < -0.3 is 31.3 Å². The first kappa shape index (κ1) is 32.0. The van der Waals surface area contributed by atoms with Crippen LogP contribution in [0.5, 0.6) is 0 Å². The van der Waals surface area contributed by atoms with Gasteiger partial charge in [-0.15, -0.1) is 5.10 Å². The average Bonchev–Trinajstić information content (AvgIpc) is 3.54. The molecule has 0 bridgehead atoms. The van der Waals surface area contributed by atoms with Crippen molar-refractivity contribution >= 4 is 40.7 Å². The van der Waals surface area contributed by atoms with Crippen LogP contribution in [0.25, 0.3) is 11.2 Å². The summed E-state index contributed by atoms with van der Waals surface area (Å²) in [5.41, 5.74) is 2.25. The molecule has 1 fully saturated rings. The zero-order valence-electron chi connectivity index (χ0n) is 23.5. The topological polar surface area (TPSA) is 187 Å². The van der Waals surface area contributed by atoms with E-state index in [4.69, 9.17) is 5.11 Å². The molecule has 2 heterocycles. The van der Waals surface area contributed by atoms with E-state index in [-0.39, 0.29) is 24.9 Å². The van der Waals surface area contributed by atoms with E-state index >= 15 is 0 Å². The van der Waals surface area contributed by atoms with Gasteiger partial charge in [0.25, 0.3) is 0 Å². The van der Waals surface area contributed by atoms with Crippen molar-refractivity contribution in [2.45, 2.75) is 82.3 Å². The first-order valence-corrected chi connectivity index (χ1v) is 15.0. The number of amides is 2. The van der Waals surface area contributed by atoms with Crippen LogP contribution in [0.4, 0.5) is 10.6 Å². The summed E-state index contributed by atoms with van der Waals surface area (Å²) in [7, 11) is 0. The fourth-order valence-corrected chi connectivity index (χ4v) is 4.87. The minimum Gasteiger partial charge on any atom is -0.465 e. The lowest BCUT2D eigenvalue weighted by Gasteiger charge is -2.16. The molecule has 0 aliphatic heterocycles. The standard InChI is InChI=1S/C16H26N6O2S.C11H14N2O3/c1-3-5-8-17-14-12-15(19-16(18-14)25-9-4-2)22(21-20-12)10-6-7-11(23)13(10)24;14-10(6-7-12-11(15)16)13-8-9-4-2-1-3-5-9/h10-11,13,23-24H,3-9H2,1-2H3,(H,17,18,19);1-5,12H,6-8H2,(H,13,14)(H,15,16)/t10-,11-,13+;/m1./s1. The Balaban J connectivity index is 0.000000250. The maximum absolute atomic E-state index is 11.3. The Morgan fingerprint density at radius 3 is 2.49 bits per heavy atom. The number of aromatic nitrogens is 5. The lowest BCUT2D eigenvalue weighted by molar-refractivity contribution is -0.121. The summed E-state index contributed by atoms with van der Waals surface area (Å²) in [5.74, 6) is 1.46. The highest BCUT2D eigenvalue weighted by molar-refractivity contribution is 7.99. The average molecular weight is 589 g/mol. The van der Waals surface area contributed by atoms with Gasteiger partial charge in [-0.3, -0.25) is 4.79 Å². The van der Waals surface area contributed by atoms with Gasteiger partial charge in [-0.25, -0.2) is 19.4 Å². The second kappa shape index (κ2) is 16.7. The Morgan fingerprint density at radius 2 is 1.83 bits per heavy atom. The van der Waals surface area contributed by atoms with E-state index in [2.05, 4.69) is 50.1 Å². The number of aliphatic hydroxyl groups excluding tert-OH is 2. The molecule has 6 N–H and O–H groups in total. The van der Waals surface area contributed by atoms with Crippen molar-refractivity contribution < 1.29 is 24.9 Å². The van der Waals surface area contributed by atoms with Gasteiger partial charge in [-0.05, 0) is 31.2 Å². The number of unbranched alkanes of at least 4 members (excludes halogenated alkanes) is 1. The van der Waals surface area contributed by atoms with Crippen molar-refractivity contribution in [3.8, 4) is 0 Å². The molecule has 1 saturated carbocycles. The van der Waals surface area contributed by atoms with Gasteiger partial charge in [0.05, 0.1) is 12.1 Å². The van der Waals surface area contributed by atoms with Gasteiger partial charge in [0.2, 0.25) is 5.91 Å². The summed E-state index contributed by atoms with van der Waals surface area (Å²) in [5, 5.41) is 45.7. The Kier molecular flexibility index (Phi) is 13.0. The molecular weight excluding hydrogens is 548 g/mol. The fraction of sp³-hybridized carbons (Fsp3) is 0.556. The molecule has 1 aliphatic carbocycles. The molecule has 13 nitrogen and oxygen atoms in total. The normalized spacial score (nSPS) is 18.0. The second-order valence-electron chi connectivity index (χ2n) is 9.64. The number of hydrogen-bond acceptors (Lipinski definition) is 10. The van der Waals surface area contributed by atoms with Crippen molar-refractivity contribution in [3.05, 3.63) is 35.9 Å².